The number of carbonyl (C=O) groups excluding carboxylic acids is 1. The van der Waals surface area contributed by atoms with Crippen LogP contribution in [0, 0.1) is 0 Å². The Morgan fingerprint density at radius 3 is 2.13 bits per heavy atom. The summed E-state index contributed by atoms with van der Waals surface area (Å²) in [4.78, 5) is 12.7. The Kier molecular flexibility index (Phi) is 6.26. The SMILES string of the molecule is O=C(CSc1nnnn1-c1ccc(Cl)cc1)NN(c1ccccc1)c1ccccc1. The first-order valence-corrected chi connectivity index (χ1v) is 10.4. The number of amides is 1. The molecule has 9 heteroatoms. The van der Waals surface area contributed by atoms with Gasteiger partial charge in [0, 0.05) is 5.02 Å². The molecule has 0 atom stereocenters. The van der Waals surface area contributed by atoms with E-state index in [1.165, 1.54) is 11.8 Å². The van der Waals surface area contributed by atoms with Crippen LogP contribution in [0.2, 0.25) is 5.02 Å². The molecule has 0 radical (unpaired) electrons. The van der Waals surface area contributed by atoms with E-state index in [-0.39, 0.29) is 11.7 Å². The minimum absolute atomic E-state index is 0.143. The number of hydrazine groups is 1. The second kappa shape index (κ2) is 9.43. The van der Waals surface area contributed by atoms with Crippen molar-refractivity contribution in [1.29, 1.82) is 0 Å². The summed E-state index contributed by atoms with van der Waals surface area (Å²) in [5.74, 6) is -0.0391. The quantitative estimate of drug-likeness (QED) is 0.344. The van der Waals surface area contributed by atoms with Crippen LogP contribution >= 0.6 is 23.4 Å². The van der Waals surface area contributed by atoms with Crippen LogP contribution in [0.5, 0.6) is 0 Å². The lowest BCUT2D eigenvalue weighted by Crippen LogP contribution is -2.40. The third kappa shape index (κ3) is 4.79. The average molecular weight is 437 g/mol. The molecule has 3 aromatic carbocycles. The summed E-state index contributed by atoms with van der Waals surface area (Å²) in [7, 11) is 0. The van der Waals surface area contributed by atoms with E-state index < -0.39 is 0 Å². The molecule has 1 N–H and O–H groups in total. The van der Waals surface area contributed by atoms with Crippen LogP contribution < -0.4 is 10.4 Å². The number of carbonyl (C=O) groups is 1. The molecule has 30 heavy (non-hydrogen) atoms. The highest BCUT2D eigenvalue weighted by atomic mass is 35.5. The fourth-order valence-corrected chi connectivity index (χ4v) is 3.54. The molecule has 7 nitrogen and oxygen atoms in total. The molecule has 0 unspecified atom stereocenters. The first-order valence-electron chi connectivity index (χ1n) is 9.07. The maximum Gasteiger partial charge on any atom is 0.249 e. The van der Waals surface area contributed by atoms with Crippen LogP contribution in [0.1, 0.15) is 0 Å². The molecule has 0 aliphatic carbocycles. The Morgan fingerprint density at radius 2 is 1.53 bits per heavy atom. The highest BCUT2D eigenvalue weighted by Gasteiger charge is 2.15. The van der Waals surface area contributed by atoms with Gasteiger partial charge in [-0.15, -0.1) is 5.10 Å². The number of rotatable bonds is 7. The number of hydrogen-bond acceptors (Lipinski definition) is 6. The van der Waals surface area contributed by atoms with Crippen molar-refractivity contribution in [3.63, 3.8) is 0 Å². The van der Waals surface area contributed by atoms with Crippen LogP contribution in [0.4, 0.5) is 11.4 Å². The number of thioether (sulfide) groups is 1. The van der Waals surface area contributed by atoms with E-state index in [2.05, 4.69) is 21.0 Å². The number of nitrogens with zero attached hydrogens (tertiary/aromatic N) is 5. The summed E-state index contributed by atoms with van der Waals surface area (Å²) in [5, 5.41) is 14.6. The van der Waals surface area contributed by atoms with Crippen LogP contribution in [0.15, 0.2) is 90.1 Å². The van der Waals surface area contributed by atoms with Crippen molar-refractivity contribution in [3.8, 4) is 5.69 Å². The minimum Gasteiger partial charge on any atom is -0.272 e. The van der Waals surface area contributed by atoms with Gasteiger partial charge >= 0.3 is 0 Å². The summed E-state index contributed by atoms with van der Waals surface area (Å²) >= 11 is 7.19. The molecule has 1 heterocycles. The molecule has 4 rings (SSSR count). The Morgan fingerprint density at radius 1 is 0.933 bits per heavy atom. The van der Waals surface area contributed by atoms with Crippen molar-refractivity contribution in [3.05, 3.63) is 90.0 Å². The number of benzene rings is 3. The zero-order chi connectivity index (χ0) is 20.8. The van der Waals surface area contributed by atoms with E-state index in [0.717, 1.165) is 17.1 Å². The topological polar surface area (TPSA) is 75.9 Å². The number of anilines is 2. The van der Waals surface area contributed by atoms with Crippen molar-refractivity contribution < 1.29 is 4.79 Å². The van der Waals surface area contributed by atoms with Crippen molar-refractivity contribution >= 4 is 40.6 Å². The molecule has 0 fully saturated rings. The van der Waals surface area contributed by atoms with Gasteiger partial charge in [-0.3, -0.25) is 15.2 Å². The minimum atomic E-state index is -0.182. The molecule has 4 aromatic rings. The van der Waals surface area contributed by atoms with E-state index in [1.807, 2.05) is 72.8 Å². The normalized spacial score (nSPS) is 10.6. The van der Waals surface area contributed by atoms with E-state index in [0.29, 0.717) is 10.2 Å². The predicted octanol–water partition coefficient (Wildman–Crippen LogP) is 4.28. The van der Waals surface area contributed by atoms with Crippen molar-refractivity contribution in [1.82, 2.24) is 25.6 Å². The first-order chi connectivity index (χ1) is 14.7. The largest absolute Gasteiger partial charge is 0.272 e. The summed E-state index contributed by atoms with van der Waals surface area (Å²) in [6, 6.07) is 26.4. The number of aromatic nitrogens is 4. The lowest BCUT2D eigenvalue weighted by atomic mass is 10.2. The molecule has 0 spiro atoms. The second-order valence-corrected chi connectivity index (χ2v) is 7.56. The van der Waals surface area contributed by atoms with E-state index in [4.69, 9.17) is 11.6 Å². The molecular weight excluding hydrogens is 420 g/mol. The fraction of sp³-hybridized carbons (Fsp3) is 0.0476. The number of halogens is 1. The molecule has 1 aromatic heterocycles. The highest BCUT2D eigenvalue weighted by molar-refractivity contribution is 7.99. The van der Waals surface area contributed by atoms with Crippen LogP contribution in [0.25, 0.3) is 5.69 Å². The van der Waals surface area contributed by atoms with Gasteiger partial charge in [0.05, 0.1) is 22.8 Å². The van der Waals surface area contributed by atoms with Gasteiger partial charge in [0.2, 0.25) is 11.1 Å². The number of nitrogens with one attached hydrogen (secondary N) is 1. The molecule has 0 bridgehead atoms. The number of tetrazole rings is 1. The average Bonchev–Trinajstić information content (AvgIpc) is 3.26. The lowest BCUT2D eigenvalue weighted by Gasteiger charge is -2.25. The van der Waals surface area contributed by atoms with Gasteiger partial charge in [-0.25, -0.2) is 0 Å². The van der Waals surface area contributed by atoms with Crippen molar-refractivity contribution in [2.75, 3.05) is 10.8 Å². The Labute approximate surface area is 182 Å². The molecule has 0 saturated heterocycles. The first kappa shape index (κ1) is 19.9. The standard InChI is InChI=1S/C21H17ClN6OS/c22-16-11-13-19(14-12-16)28-21(23-25-26-28)30-15-20(29)24-27(17-7-3-1-4-8-17)18-9-5-2-6-10-18/h1-14H,15H2,(H,24,29). The summed E-state index contributed by atoms with van der Waals surface area (Å²) < 4.78 is 1.57. The predicted molar refractivity (Wildman–Crippen MR) is 118 cm³/mol. The third-order valence-corrected chi connectivity index (χ3v) is 5.28. The van der Waals surface area contributed by atoms with E-state index >= 15 is 0 Å². The maximum atomic E-state index is 12.7. The number of para-hydroxylation sites is 2. The maximum absolute atomic E-state index is 12.7. The van der Waals surface area contributed by atoms with Gasteiger partial charge in [-0.1, -0.05) is 59.8 Å². The van der Waals surface area contributed by atoms with Gasteiger partial charge < -0.3 is 0 Å². The van der Waals surface area contributed by atoms with E-state index in [9.17, 15) is 4.79 Å². The van der Waals surface area contributed by atoms with Gasteiger partial charge in [-0.05, 0) is 59.0 Å². The second-order valence-electron chi connectivity index (χ2n) is 6.18. The van der Waals surface area contributed by atoms with Crippen LogP contribution in [-0.2, 0) is 4.79 Å². The molecule has 0 aliphatic heterocycles. The molecule has 0 aliphatic rings. The van der Waals surface area contributed by atoms with Crippen LogP contribution in [-0.4, -0.2) is 31.9 Å². The van der Waals surface area contributed by atoms with Crippen molar-refractivity contribution in [2.45, 2.75) is 5.16 Å². The molecular formula is C21H17ClN6OS. The lowest BCUT2D eigenvalue weighted by molar-refractivity contribution is -0.118. The van der Waals surface area contributed by atoms with Gasteiger partial charge in [0.1, 0.15) is 0 Å². The zero-order valence-electron chi connectivity index (χ0n) is 15.7. The molecule has 1 amide bonds. The van der Waals surface area contributed by atoms with Gasteiger partial charge in [-0.2, -0.15) is 4.68 Å². The van der Waals surface area contributed by atoms with Gasteiger partial charge in [0.15, 0.2) is 0 Å². The molecule has 0 saturated carbocycles. The Balaban J connectivity index is 1.46. The smallest absolute Gasteiger partial charge is 0.249 e. The molecule has 150 valence electrons. The summed E-state index contributed by atoms with van der Waals surface area (Å²) in [6.07, 6.45) is 0. The summed E-state index contributed by atoms with van der Waals surface area (Å²) in [6.45, 7) is 0. The van der Waals surface area contributed by atoms with Crippen LogP contribution in [0.3, 0.4) is 0 Å². The zero-order valence-corrected chi connectivity index (χ0v) is 17.3. The number of hydrogen-bond donors (Lipinski definition) is 1. The van der Waals surface area contributed by atoms with Crippen molar-refractivity contribution in [2.24, 2.45) is 0 Å². The summed E-state index contributed by atoms with van der Waals surface area (Å²) in [5.41, 5.74) is 5.43. The third-order valence-electron chi connectivity index (χ3n) is 4.11. The van der Waals surface area contributed by atoms with E-state index in [1.54, 1.807) is 21.8 Å². The Hall–Kier alpha value is -3.36. The fourth-order valence-electron chi connectivity index (χ4n) is 2.73. The Bertz CT molecular complexity index is 1070. The van der Waals surface area contributed by atoms with Gasteiger partial charge in [0.25, 0.3) is 0 Å². The monoisotopic (exact) mass is 436 g/mol. The highest BCUT2D eigenvalue weighted by Crippen LogP contribution is 2.23.